The molecule has 100 valence electrons. The Kier molecular flexibility index (Phi) is 4.81. The standard InChI is InChI=1S/C13H20N2O3/c1-10(14-9-13(2,3)18-4)11-6-5-7-12(8-11)15(16)17/h5-8,10,14H,9H2,1-4H3. The number of hydrogen-bond donors (Lipinski definition) is 1. The first-order chi connectivity index (χ1) is 8.35. The van der Waals surface area contributed by atoms with Crippen molar-refractivity contribution in [2.75, 3.05) is 13.7 Å². The van der Waals surface area contributed by atoms with Crippen molar-refractivity contribution >= 4 is 5.69 Å². The Hall–Kier alpha value is -1.46. The Balaban J connectivity index is 2.69. The number of benzene rings is 1. The van der Waals surface area contributed by atoms with E-state index in [4.69, 9.17) is 4.74 Å². The summed E-state index contributed by atoms with van der Waals surface area (Å²) >= 11 is 0. The van der Waals surface area contributed by atoms with Gasteiger partial charge in [0.2, 0.25) is 0 Å². The lowest BCUT2D eigenvalue weighted by molar-refractivity contribution is -0.384. The first kappa shape index (κ1) is 14.6. The molecule has 0 aliphatic rings. The fourth-order valence-electron chi connectivity index (χ4n) is 1.50. The molecule has 1 rings (SSSR count). The monoisotopic (exact) mass is 252 g/mol. The number of methoxy groups -OCH3 is 1. The number of ether oxygens (including phenoxy) is 1. The maximum atomic E-state index is 10.7. The van der Waals surface area contributed by atoms with Gasteiger partial charge in [-0.25, -0.2) is 0 Å². The van der Waals surface area contributed by atoms with Gasteiger partial charge in [-0.2, -0.15) is 0 Å². The molecule has 1 aromatic rings. The molecule has 0 saturated heterocycles. The average Bonchev–Trinajstić information content (AvgIpc) is 2.36. The minimum atomic E-state index is -0.380. The average molecular weight is 252 g/mol. The highest BCUT2D eigenvalue weighted by Crippen LogP contribution is 2.19. The number of nitrogens with one attached hydrogen (secondary N) is 1. The van der Waals surface area contributed by atoms with Crippen molar-refractivity contribution in [3.8, 4) is 0 Å². The van der Waals surface area contributed by atoms with Crippen LogP contribution in [0.2, 0.25) is 0 Å². The molecule has 18 heavy (non-hydrogen) atoms. The molecule has 0 heterocycles. The molecule has 0 bridgehead atoms. The predicted octanol–water partition coefficient (Wildman–Crippen LogP) is 2.67. The summed E-state index contributed by atoms with van der Waals surface area (Å²) in [5, 5.41) is 14.0. The summed E-state index contributed by atoms with van der Waals surface area (Å²) in [6.07, 6.45) is 0. The van der Waals surface area contributed by atoms with E-state index in [1.807, 2.05) is 26.8 Å². The Morgan fingerprint density at radius 2 is 2.17 bits per heavy atom. The van der Waals surface area contributed by atoms with Crippen LogP contribution in [0.5, 0.6) is 0 Å². The first-order valence-corrected chi connectivity index (χ1v) is 5.88. The highest BCUT2D eigenvalue weighted by atomic mass is 16.6. The van der Waals surface area contributed by atoms with Crippen LogP contribution in [0.15, 0.2) is 24.3 Å². The number of non-ortho nitro benzene ring substituents is 1. The molecule has 0 aliphatic carbocycles. The van der Waals surface area contributed by atoms with Crippen molar-refractivity contribution in [2.45, 2.75) is 32.4 Å². The van der Waals surface area contributed by atoms with E-state index in [0.29, 0.717) is 6.54 Å². The molecule has 0 aliphatic heterocycles. The van der Waals surface area contributed by atoms with Gasteiger partial charge in [-0.15, -0.1) is 0 Å². The van der Waals surface area contributed by atoms with Gasteiger partial charge in [0.05, 0.1) is 10.5 Å². The van der Waals surface area contributed by atoms with E-state index in [0.717, 1.165) is 5.56 Å². The van der Waals surface area contributed by atoms with Gasteiger partial charge in [0.15, 0.2) is 0 Å². The van der Waals surface area contributed by atoms with Gasteiger partial charge in [-0.05, 0) is 26.3 Å². The summed E-state index contributed by atoms with van der Waals surface area (Å²) in [6.45, 7) is 6.62. The van der Waals surface area contributed by atoms with Gasteiger partial charge in [-0.1, -0.05) is 12.1 Å². The molecule has 5 nitrogen and oxygen atoms in total. The molecular formula is C13H20N2O3. The van der Waals surface area contributed by atoms with E-state index < -0.39 is 0 Å². The molecule has 0 saturated carbocycles. The predicted molar refractivity (Wildman–Crippen MR) is 70.6 cm³/mol. The second-order valence-electron chi connectivity index (χ2n) is 4.92. The Morgan fingerprint density at radius 1 is 1.50 bits per heavy atom. The topological polar surface area (TPSA) is 64.4 Å². The smallest absolute Gasteiger partial charge is 0.269 e. The Bertz CT molecular complexity index is 418. The number of nitro benzene ring substituents is 1. The molecular weight excluding hydrogens is 232 g/mol. The van der Waals surface area contributed by atoms with Crippen LogP contribution in [-0.4, -0.2) is 24.2 Å². The highest BCUT2D eigenvalue weighted by molar-refractivity contribution is 5.35. The summed E-state index contributed by atoms with van der Waals surface area (Å²) in [6, 6.07) is 6.71. The summed E-state index contributed by atoms with van der Waals surface area (Å²) in [7, 11) is 1.67. The quantitative estimate of drug-likeness (QED) is 0.624. The van der Waals surface area contributed by atoms with Gasteiger partial charge in [0.25, 0.3) is 5.69 Å². The fourth-order valence-corrected chi connectivity index (χ4v) is 1.50. The van der Waals surface area contributed by atoms with Crippen LogP contribution in [0.25, 0.3) is 0 Å². The van der Waals surface area contributed by atoms with Crippen LogP contribution in [0.3, 0.4) is 0 Å². The van der Waals surface area contributed by atoms with Gasteiger partial charge >= 0.3 is 0 Å². The maximum Gasteiger partial charge on any atom is 0.269 e. The van der Waals surface area contributed by atoms with E-state index in [-0.39, 0.29) is 22.3 Å². The molecule has 1 aromatic carbocycles. The van der Waals surface area contributed by atoms with Crippen molar-refractivity contribution in [3.05, 3.63) is 39.9 Å². The minimum absolute atomic E-state index is 0.0410. The van der Waals surface area contributed by atoms with Gasteiger partial charge < -0.3 is 10.1 Å². The number of rotatable bonds is 6. The third-order valence-corrected chi connectivity index (χ3v) is 2.97. The SMILES string of the molecule is COC(C)(C)CNC(C)c1cccc([N+](=O)[O-])c1. The van der Waals surface area contributed by atoms with Crippen LogP contribution < -0.4 is 5.32 Å². The second-order valence-corrected chi connectivity index (χ2v) is 4.92. The first-order valence-electron chi connectivity index (χ1n) is 5.88. The lowest BCUT2D eigenvalue weighted by Gasteiger charge is -2.25. The lowest BCUT2D eigenvalue weighted by atomic mass is 10.1. The van der Waals surface area contributed by atoms with E-state index in [9.17, 15) is 10.1 Å². The third-order valence-electron chi connectivity index (χ3n) is 2.97. The van der Waals surface area contributed by atoms with Crippen LogP contribution in [0.4, 0.5) is 5.69 Å². The highest BCUT2D eigenvalue weighted by Gasteiger charge is 2.18. The molecule has 1 atom stereocenters. The lowest BCUT2D eigenvalue weighted by Crippen LogP contribution is -2.37. The maximum absolute atomic E-state index is 10.7. The summed E-state index contributed by atoms with van der Waals surface area (Å²) in [5.74, 6) is 0. The summed E-state index contributed by atoms with van der Waals surface area (Å²) in [4.78, 5) is 10.3. The molecule has 1 N–H and O–H groups in total. The zero-order valence-corrected chi connectivity index (χ0v) is 11.3. The van der Waals surface area contributed by atoms with E-state index in [2.05, 4.69) is 5.32 Å². The third kappa shape index (κ3) is 4.09. The molecule has 0 aromatic heterocycles. The van der Waals surface area contributed by atoms with Crippen LogP contribution in [-0.2, 0) is 4.74 Å². The summed E-state index contributed by atoms with van der Waals surface area (Å²) in [5.41, 5.74) is 0.762. The number of hydrogen-bond acceptors (Lipinski definition) is 4. The van der Waals surface area contributed by atoms with E-state index in [1.165, 1.54) is 6.07 Å². The van der Waals surface area contributed by atoms with Gasteiger partial charge in [0.1, 0.15) is 0 Å². The van der Waals surface area contributed by atoms with Crippen molar-refractivity contribution < 1.29 is 9.66 Å². The molecule has 5 heteroatoms. The Morgan fingerprint density at radius 3 is 2.72 bits per heavy atom. The minimum Gasteiger partial charge on any atom is -0.377 e. The fraction of sp³-hybridized carbons (Fsp3) is 0.538. The zero-order valence-electron chi connectivity index (χ0n) is 11.3. The molecule has 0 fully saturated rings. The zero-order chi connectivity index (χ0) is 13.8. The van der Waals surface area contributed by atoms with Crippen molar-refractivity contribution in [3.63, 3.8) is 0 Å². The molecule has 0 spiro atoms. The van der Waals surface area contributed by atoms with Crippen molar-refractivity contribution in [1.82, 2.24) is 5.32 Å². The normalized spacial score (nSPS) is 13.3. The van der Waals surface area contributed by atoms with Crippen molar-refractivity contribution in [1.29, 1.82) is 0 Å². The van der Waals surface area contributed by atoms with Gasteiger partial charge in [0, 0.05) is 31.8 Å². The van der Waals surface area contributed by atoms with Crippen LogP contribution >= 0.6 is 0 Å². The van der Waals surface area contributed by atoms with Gasteiger partial charge in [-0.3, -0.25) is 10.1 Å². The van der Waals surface area contributed by atoms with E-state index >= 15 is 0 Å². The van der Waals surface area contributed by atoms with Crippen LogP contribution in [0, 0.1) is 10.1 Å². The number of nitrogens with zero attached hydrogens (tertiary/aromatic N) is 1. The molecule has 0 amide bonds. The second kappa shape index (κ2) is 5.93. The molecule has 1 unspecified atom stereocenters. The van der Waals surface area contributed by atoms with Crippen molar-refractivity contribution in [2.24, 2.45) is 0 Å². The van der Waals surface area contributed by atoms with E-state index in [1.54, 1.807) is 19.2 Å². The summed E-state index contributed by atoms with van der Waals surface area (Å²) < 4.78 is 5.32. The molecule has 0 radical (unpaired) electrons. The largest absolute Gasteiger partial charge is 0.377 e. The number of nitro groups is 1. The Labute approximate surface area is 107 Å². The van der Waals surface area contributed by atoms with Crippen LogP contribution in [0.1, 0.15) is 32.4 Å².